The molecule has 0 unspecified atom stereocenters. The minimum absolute atomic E-state index is 0.150. The summed E-state index contributed by atoms with van der Waals surface area (Å²) in [7, 11) is 3.23. The smallest absolute Gasteiger partial charge is 0.236 e. The zero-order valence-electron chi connectivity index (χ0n) is 20.0. The van der Waals surface area contributed by atoms with Gasteiger partial charge in [-0.3, -0.25) is 9.69 Å². The predicted octanol–water partition coefficient (Wildman–Crippen LogP) is 0.731. The molecule has 2 fully saturated rings. The first-order valence-electron chi connectivity index (χ1n) is 11.8. The molecular formula is C24H34N6O4. The van der Waals surface area contributed by atoms with Crippen LogP contribution in [0.1, 0.15) is 0 Å². The molecule has 1 aromatic heterocycles. The van der Waals surface area contributed by atoms with Crippen molar-refractivity contribution >= 4 is 11.7 Å². The largest absolute Gasteiger partial charge is 0.493 e. The van der Waals surface area contributed by atoms with Crippen LogP contribution < -0.4 is 19.7 Å². The monoisotopic (exact) mass is 470 g/mol. The molecule has 10 nitrogen and oxygen atoms in total. The molecule has 2 aliphatic heterocycles. The molecule has 0 bridgehead atoms. The molecular weight excluding hydrogens is 436 g/mol. The lowest BCUT2D eigenvalue weighted by atomic mass is 10.1. The summed E-state index contributed by atoms with van der Waals surface area (Å²) in [5.41, 5.74) is 1.68. The SMILES string of the molecule is COc1ccc(-c2ccc(N3CCN(C(=O)CNCCN4CCOCC4)CC3)nn2)cc1OC. The number of hydrogen-bond donors (Lipinski definition) is 1. The Balaban J connectivity index is 1.22. The second-order valence-electron chi connectivity index (χ2n) is 8.35. The molecule has 3 heterocycles. The Labute approximate surface area is 200 Å². The van der Waals surface area contributed by atoms with Crippen LogP contribution in [0.25, 0.3) is 11.3 Å². The predicted molar refractivity (Wildman–Crippen MR) is 129 cm³/mol. The molecule has 184 valence electrons. The van der Waals surface area contributed by atoms with Crippen molar-refractivity contribution in [2.45, 2.75) is 0 Å². The van der Waals surface area contributed by atoms with Crippen molar-refractivity contribution in [2.24, 2.45) is 0 Å². The molecule has 4 rings (SSSR count). The lowest BCUT2D eigenvalue weighted by Gasteiger charge is -2.35. The topological polar surface area (TPSA) is 92.3 Å². The zero-order chi connectivity index (χ0) is 23.8. The molecule has 2 aliphatic rings. The summed E-state index contributed by atoms with van der Waals surface area (Å²) < 4.78 is 16.0. The molecule has 1 amide bonds. The van der Waals surface area contributed by atoms with E-state index in [0.29, 0.717) is 31.1 Å². The van der Waals surface area contributed by atoms with Gasteiger partial charge < -0.3 is 29.3 Å². The van der Waals surface area contributed by atoms with E-state index in [0.717, 1.165) is 69.6 Å². The minimum atomic E-state index is 0.150. The number of carbonyl (C=O) groups excluding carboxylic acids is 1. The Morgan fingerprint density at radius 2 is 1.74 bits per heavy atom. The van der Waals surface area contributed by atoms with Crippen LogP contribution in [0.4, 0.5) is 5.82 Å². The fourth-order valence-electron chi connectivity index (χ4n) is 4.20. The van der Waals surface area contributed by atoms with Gasteiger partial charge >= 0.3 is 0 Å². The third kappa shape index (κ3) is 6.13. The van der Waals surface area contributed by atoms with Gasteiger partial charge in [0.1, 0.15) is 0 Å². The highest BCUT2D eigenvalue weighted by Crippen LogP contribution is 2.31. The lowest BCUT2D eigenvalue weighted by molar-refractivity contribution is -0.130. The van der Waals surface area contributed by atoms with E-state index in [4.69, 9.17) is 14.2 Å². The number of ether oxygens (including phenoxy) is 3. The maximum absolute atomic E-state index is 12.6. The minimum Gasteiger partial charge on any atom is -0.493 e. The molecule has 0 radical (unpaired) electrons. The van der Waals surface area contributed by atoms with E-state index in [1.807, 2.05) is 35.2 Å². The number of morpholine rings is 1. The standard InChI is InChI=1S/C24H34N6O4/c1-32-21-5-3-19(17-22(21)33-2)20-4-6-23(27-26-20)29-9-11-30(12-10-29)24(31)18-25-7-8-28-13-15-34-16-14-28/h3-6,17,25H,7-16,18H2,1-2H3. The Kier molecular flexibility index (Phi) is 8.51. The lowest BCUT2D eigenvalue weighted by Crippen LogP contribution is -2.51. The van der Waals surface area contributed by atoms with Crippen molar-refractivity contribution in [3.63, 3.8) is 0 Å². The van der Waals surface area contributed by atoms with Gasteiger partial charge in [0.05, 0.1) is 39.7 Å². The number of nitrogens with zero attached hydrogens (tertiary/aromatic N) is 5. The van der Waals surface area contributed by atoms with Crippen molar-refractivity contribution in [2.75, 3.05) is 91.2 Å². The molecule has 2 aromatic rings. The number of amides is 1. The second-order valence-corrected chi connectivity index (χ2v) is 8.35. The van der Waals surface area contributed by atoms with Gasteiger partial charge in [-0.25, -0.2) is 0 Å². The molecule has 0 atom stereocenters. The van der Waals surface area contributed by atoms with Gasteiger partial charge in [-0.2, -0.15) is 0 Å². The number of methoxy groups -OCH3 is 2. The third-order valence-electron chi connectivity index (χ3n) is 6.27. The van der Waals surface area contributed by atoms with E-state index in [9.17, 15) is 4.79 Å². The van der Waals surface area contributed by atoms with Gasteiger partial charge in [-0.15, -0.1) is 10.2 Å². The first-order chi connectivity index (χ1) is 16.7. The Bertz CT molecular complexity index is 928. The summed E-state index contributed by atoms with van der Waals surface area (Å²) in [6.07, 6.45) is 0. The quantitative estimate of drug-likeness (QED) is 0.533. The number of carbonyl (C=O) groups is 1. The van der Waals surface area contributed by atoms with Gasteiger partial charge in [-0.1, -0.05) is 0 Å². The van der Waals surface area contributed by atoms with Crippen LogP contribution in [0.15, 0.2) is 30.3 Å². The number of benzene rings is 1. The first-order valence-corrected chi connectivity index (χ1v) is 11.8. The van der Waals surface area contributed by atoms with Crippen molar-refractivity contribution in [1.29, 1.82) is 0 Å². The highest BCUT2D eigenvalue weighted by atomic mass is 16.5. The van der Waals surface area contributed by atoms with Crippen LogP contribution in [-0.2, 0) is 9.53 Å². The van der Waals surface area contributed by atoms with Gasteiger partial charge in [0.15, 0.2) is 17.3 Å². The highest BCUT2D eigenvalue weighted by molar-refractivity contribution is 5.78. The maximum Gasteiger partial charge on any atom is 0.236 e. The van der Waals surface area contributed by atoms with Gasteiger partial charge in [-0.05, 0) is 30.3 Å². The molecule has 1 aromatic carbocycles. The summed E-state index contributed by atoms with van der Waals surface area (Å²) in [5.74, 6) is 2.30. The van der Waals surface area contributed by atoms with Crippen LogP contribution in [0.2, 0.25) is 0 Å². The van der Waals surface area contributed by atoms with E-state index in [1.165, 1.54) is 0 Å². The molecule has 0 aliphatic carbocycles. The van der Waals surface area contributed by atoms with Crippen molar-refractivity contribution < 1.29 is 19.0 Å². The number of piperazine rings is 1. The number of rotatable bonds is 9. The number of hydrogen-bond acceptors (Lipinski definition) is 9. The third-order valence-corrected chi connectivity index (χ3v) is 6.27. The second kappa shape index (κ2) is 12.0. The molecule has 0 spiro atoms. The first kappa shape index (κ1) is 24.2. The van der Waals surface area contributed by atoms with Crippen LogP contribution in [0.5, 0.6) is 11.5 Å². The normalized spacial score (nSPS) is 17.0. The average Bonchev–Trinajstić information content (AvgIpc) is 2.91. The fourth-order valence-corrected chi connectivity index (χ4v) is 4.20. The molecule has 1 N–H and O–H groups in total. The molecule has 2 saturated heterocycles. The number of nitrogens with one attached hydrogen (secondary N) is 1. The number of anilines is 1. The van der Waals surface area contributed by atoms with E-state index >= 15 is 0 Å². The van der Waals surface area contributed by atoms with Crippen molar-refractivity contribution in [3.8, 4) is 22.8 Å². The Morgan fingerprint density at radius 3 is 2.41 bits per heavy atom. The van der Waals surface area contributed by atoms with E-state index in [-0.39, 0.29) is 5.91 Å². The Hall–Kier alpha value is -2.95. The summed E-state index contributed by atoms with van der Waals surface area (Å²) in [5, 5.41) is 12.1. The van der Waals surface area contributed by atoms with Gasteiger partial charge in [0, 0.05) is 57.9 Å². The van der Waals surface area contributed by atoms with Crippen LogP contribution in [-0.4, -0.2) is 112 Å². The fraction of sp³-hybridized carbons (Fsp3) is 0.542. The summed E-state index contributed by atoms with van der Waals surface area (Å²) >= 11 is 0. The van der Waals surface area contributed by atoms with E-state index in [2.05, 4.69) is 25.3 Å². The molecule has 0 saturated carbocycles. The van der Waals surface area contributed by atoms with Gasteiger partial charge in [0.2, 0.25) is 5.91 Å². The maximum atomic E-state index is 12.6. The van der Waals surface area contributed by atoms with Crippen molar-refractivity contribution in [3.05, 3.63) is 30.3 Å². The molecule has 34 heavy (non-hydrogen) atoms. The van der Waals surface area contributed by atoms with Crippen LogP contribution >= 0.6 is 0 Å². The summed E-state index contributed by atoms with van der Waals surface area (Å²) in [6.45, 7) is 8.52. The average molecular weight is 471 g/mol. The van der Waals surface area contributed by atoms with E-state index in [1.54, 1.807) is 14.2 Å². The Morgan fingerprint density at radius 1 is 0.971 bits per heavy atom. The molecule has 10 heteroatoms. The van der Waals surface area contributed by atoms with Gasteiger partial charge in [0.25, 0.3) is 0 Å². The zero-order valence-corrected chi connectivity index (χ0v) is 20.0. The summed E-state index contributed by atoms with van der Waals surface area (Å²) in [6, 6.07) is 9.62. The summed E-state index contributed by atoms with van der Waals surface area (Å²) in [4.78, 5) is 19.0. The number of aromatic nitrogens is 2. The van der Waals surface area contributed by atoms with Crippen LogP contribution in [0, 0.1) is 0 Å². The highest BCUT2D eigenvalue weighted by Gasteiger charge is 2.22. The van der Waals surface area contributed by atoms with Crippen LogP contribution in [0.3, 0.4) is 0 Å². The van der Waals surface area contributed by atoms with Crippen molar-refractivity contribution in [1.82, 2.24) is 25.3 Å². The van der Waals surface area contributed by atoms with E-state index < -0.39 is 0 Å².